The minimum Gasteiger partial charge on any atom is -0.349 e. The molecule has 0 unspecified atom stereocenters. The van der Waals surface area contributed by atoms with Crippen LogP contribution >= 0.6 is 0 Å². The molecule has 0 saturated carbocycles. The molecule has 3 rings (SSSR count). The molecule has 2 aromatic rings. The van der Waals surface area contributed by atoms with Gasteiger partial charge in [-0.2, -0.15) is 17.5 Å². The average molecular weight is 440 g/mol. The summed E-state index contributed by atoms with van der Waals surface area (Å²) in [6, 6.07) is 13.4. The quantitative estimate of drug-likeness (QED) is 0.765. The first kappa shape index (κ1) is 22.3. The Kier molecular flexibility index (Phi) is 6.52. The summed E-state index contributed by atoms with van der Waals surface area (Å²) in [5.74, 6) is -0.570. The van der Waals surface area contributed by atoms with Gasteiger partial charge in [0.1, 0.15) is 0 Å². The fourth-order valence-corrected chi connectivity index (χ4v) is 5.26. The van der Waals surface area contributed by atoms with E-state index < -0.39 is 26.7 Å². The van der Waals surface area contributed by atoms with E-state index in [0.717, 1.165) is 28.1 Å². The van der Waals surface area contributed by atoms with E-state index in [0.29, 0.717) is 0 Å². The van der Waals surface area contributed by atoms with Crippen LogP contribution in [0.25, 0.3) is 0 Å². The number of amides is 1. The molecule has 1 fully saturated rings. The predicted molar refractivity (Wildman–Crippen MR) is 106 cm³/mol. The molecule has 0 radical (unpaired) electrons. The molecule has 1 amide bonds. The summed E-state index contributed by atoms with van der Waals surface area (Å²) < 4.78 is 66.4. The number of sulfonamides is 1. The van der Waals surface area contributed by atoms with Gasteiger partial charge in [-0.05, 0) is 37.5 Å². The lowest BCUT2D eigenvalue weighted by atomic mass is 9.96. The van der Waals surface area contributed by atoms with Crippen LogP contribution in [-0.4, -0.2) is 31.7 Å². The lowest BCUT2D eigenvalue weighted by Crippen LogP contribution is -2.43. The third kappa shape index (κ3) is 4.84. The smallest absolute Gasteiger partial charge is 0.349 e. The lowest BCUT2D eigenvalue weighted by Gasteiger charge is -2.31. The molecule has 0 spiro atoms. The maximum atomic E-state index is 13.2. The number of piperidine rings is 1. The molecule has 5 nitrogen and oxygen atoms in total. The van der Waals surface area contributed by atoms with Crippen molar-refractivity contribution in [1.29, 1.82) is 0 Å². The zero-order valence-corrected chi connectivity index (χ0v) is 17.2. The standard InChI is InChI=1S/C21H23F3N2O3S/c1-15(16-7-3-2-4-8-16)25-20(27)17-11-13-26(14-12-17)30(28,29)19-10-6-5-9-18(19)21(22,23)24/h2-10,15,17H,11-14H2,1H3,(H,25,27)/t15-/m0/s1. The molecule has 1 N–H and O–H groups in total. The second-order valence-corrected chi connectivity index (χ2v) is 9.22. The highest BCUT2D eigenvalue weighted by Gasteiger charge is 2.40. The Morgan fingerprint density at radius 1 is 1.03 bits per heavy atom. The number of carbonyl (C=O) groups is 1. The Morgan fingerprint density at radius 2 is 1.60 bits per heavy atom. The molecule has 1 heterocycles. The number of rotatable bonds is 5. The van der Waals surface area contributed by atoms with Crippen molar-refractivity contribution < 1.29 is 26.4 Å². The number of nitrogens with one attached hydrogen (secondary N) is 1. The van der Waals surface area contributed by atoms with Crippen molar-refractivity contribution in [2.45, 2.75) is 36.9 Å². The molecule has 2 aromatic carbocycles. The van der Waals surface area contributed by atoms with Gasteiger partial charge < -0.3 is 5.32 Å². The predicted octanol–water partition coefficient (Wildman–Crippen LogP) is 3.98. The molecular formula is C21H23F3N2O3S. The molecule has 1 saturated heterocycles. The SMILES string of the molecule is C[C@H](NC(=O)C1CCN(S(=O)(=O)c2ccccc2C(F)(F)F)CC1)c1ccccc1. The minimum atomic E-state index is -4.77. The largest absolute Gasteiger partial charge is 0.417 e. The van der Waals surface area contributed by atoms with Gasteiger partial charge in [0, 0.05) is 19.0 Å². The highest BCUT2D eigenvalue weighted by atomic mass is 32.2. The van der Waals surface area contributed by atoms with Crippen LogP contribution in [0.4, 0.5) is 13.2 Å². The number of carbonyl (C=O) groups excluding carboxylic acids is 1. The summed E-state index contributed by atoms with van der Waals surface area (Å²) in [4.78, 5) is 11.8. The van der Waals surface area contributed by atoms with Crippen LogP contribution in [-0.2, 0) is 21.0 Å². The van der Waals surface area contributed by atoms with Gasteiger partial charge in [0.25, 0.3) is 0 Å². The van der Waals surface area contributed by atoms with Gasteiger partial charge in [0.2, 0.25) is 15.9 Å². The van der Waals surface area contributed by atoms with Crippen molar-refractivity contribution in [2.24, 2.45) is 5.92 Å². The van der Waals surface area contributed by atoms with Crippen LogP contribution in [0.5, 0.6) is 0 Å². The molecular weight excluding hydrogens is 417 g/mol. The van der Waals surface area contributed by atoms with Crippen LogP contribution in [0.1, 0.15) is 36.9 Å². The zero-order valence-electron chi connectivity index (χ0n) is 16.4. The second-order valence-electron chi connectivity index (χ2n) is 7.31. The molecule has 1 aliphatic rings. The van der Waals surface area contributed by atoms with Crippen molar-refractivity contribution in [3.8, 4) is 0 Å². The summed E-state index contributed by atoms with van der Waals surface area (Å²) >= 11 is 0. The summed E-state index contributed by atoms with van der Waals surface area (Å²) in [7, 11) is -4.31. The van der Waals surface area contributed by atoms with Gasteiger partial charge in [-0.15, -0.1) is 0 Å². The van der Waals surface area contributed by atoms with Gasteiger partial charge in [-0.1, -0.05) is 42.5 Å². The summed E-state index contributed by atoms with van der Waals surface area (Å²) in [6.07, 6.45) is -4.27. The van der Waals surface area contributed by atoms with Crippen molar-refractivity contribution in [3.63, 3.8) is 0 Å². The fraction of sp³-hybridized carbons (Fsp3) is 0.381. The van der Waals surface area contributed by atoms with Crippen LogP contribution in [0, 0.1) is 5.92 Å². The Hall–Kier alpha value is -2.39. The van der Waals surface area contributed by atoms with Gasteiger partial charge in [-0.25, -0.2) is 8.42 Å². The first-order valence-corrected chi connectivity index (χ1v) is 11.1. The lowest BCUT2D eigenvalue weighted by molar-refractivity contribution is -0.139. The highest BCUT2D eigenvalue weighted by Crippen LogP contribution is 2.36. The third-order valence-electron chi connectivity index (χ3n) is 5.29. The fourth-order valence-electron chi connectivity index (χ4n) is 3.58. The van der Waals surface area contributed by atoms with E-state index >= 15 is 0 Å². The van der Waals surface area contributed by atoms with Crippen LogP contribution in [0.15, 0.2) is 59.5 Å². The third-order valence-corrected chi connectivity index (χ3v) is 7.25. The van der Waals surface area contributed by atoms with Crippen molar-refractivity contribution >= 4 is 15.9 Å². The van der Waals surface area contributed by atoms with Crippen LogP contribution < -0.4 is 5.32 Å². The number of nitrogens with zero attached hydrogens (tertiary/aromatic N) is 1. The zero-order chi connectivity index (χ0) is 21.9. The molecule has 1 atom stereocenters. The van der Waals surface area contributed by atoms with Gasteiger partial charge in [-0.3, -0.25) is 4.79 Å². The van der Waals surface area contributed by atoms with Crippen molar-refractivity contribution in [3.05, 3.63) is 65.7 Å². The maximum Gasteiger partial charge on any atom is 0.417 e. The molecule has 162 valence electrons. The number of alkyl halides is 3. The monoisotopic (exact) mass is 440 g/mol. The van der Waals surface area contributed by atoms with E-state index in [1.807, 2.05) is 37.3 Å². The maximum absolute atomic E-state index is 13.2. The molecule has 9 heteroatoms. The summed E-state index contributed by atoms with van der Waals surface area (Å²) in [6.45, 7) is 1.85. The Bertz CT molecular complexity index is 986. The summed E-state index contributed by atoms with van der Waals surface area (Å²) in [5.41, 5.74) is -0.226. The highest BCUT2D eigenvalue weighted by molar-refractivity contribution is 7.89. The number of halogens is 3. The first-order valence-electron chi connectivity index (χ1n) is 9.62. The van der Waals surface area contributed by atoms with Crippen LogP contribution in [0.2, 0.25) is 0 Å². The number of hydrogen-bond donors (Lipinski definition) is 1. The average Bonchev–Trinajstić information content (AvgIpc) is 2.74. The molecule has 0 aromatic heterocycles. The van der Waals surface area contributed by atoms with E-state index in [1.165, 1.54) is 6.07 Å². The van der Waals surface area contributed by atoms with E-state index in [9.17, 15) is 26.4 Å². The van der Waals surface area contributed by atoms with Gasteiger partial charge in [0.15, 0.2) is 0 Å². The number of hydrogen-bond acceptors (Lipinski definition) is 3. The Balaban J connectivity index is 1.66. The molecule has 30 heavy (non-hydrogen) atoms. The van der Waals surface area contributed by atoms with Crippen LogP contribution in [0.3, 0.4) is 0 Å². The minimum absolute atomic E-state index is 0.00761. The van der Waals surface area contributed by atoms with Gasteiger partial charge >= 0.3 is 6.18 Å². The van der Waals surface area contributed by atoms with Crippen molar-refractivity contribution in [1.82, 2.24) is 9.62 Å². The molecule has 1 aliphatic heterocycles. The normalized spacial score (nSPS) is 17.5. The Morgan fingerprint density at radius 3 is 2.20 bits per heavy atom. The van der Waals surface area contributed by atoms with Gasteiger partial charge in [0.05, 0.1) is 16.5 Å². The second kappa shape index (κ2) is 8.77. The van der Waals surface area contributed by atoms with Crippen molar-refractivity contribution in [2.75, 3.05) is 13.1 Å². The first-order chi connectivity index (χ1) is 14.1. The molecule has 0 aliphatic carbocycles. The Labute approximate surface area is 173 Å². The van der Waals surface area contributed by atoms with E-state index in [4.69, 9.17) is 0 Å². The van der Waals surface area contributed by atoms with E-state index in [2.05, 4.69) is 5.32 Å². The van der Waals surface area contributed by atoms with E-state index in [-0.39, 0.29) is 43.8 Å². The molecule has 0 bridgehead atoms. The topological polar surface area (TPSA) is 66.5 Å². The van der Waals surface area contributed by atoms with E-state index in [1.54, 1.807) is 0 Å². The summed E-state index contributed by atoms with van der Waals surface area (Å²) in [5, 5.41) is 2.92. The number of benzene rings is 2.